The largest absolute Gasteiger partial charge is 0.396 e. The maximum Gasteiger partial charge on any atom is 0.184 e. The Hall–Kier alpha value is -0.540. The van der Waals surface area contributed by atoms with Crippen molar-refractivity contribution in [3.63, 3.8) is 0 Å². The molecule has 15 atom stereocenters. The molecule has 5 N–H and O–H groups in total. The molecule has 0 spiro atoms. The summed E-state index contributed by atoms with van der Waals surface area (Å²) in [7, 11) is 0. The van der Waals surface area contributed by atoms with E-state index in [4.69, 9.17) is 9.47 Å². The number of hydrogen-bond acceptors (Lipinski definition) is 7. The van der Waals surface area contributed by atoms with E-state index in [-0.39, 0.29) is 33.2 Å². The zero-order valence-corrected chi connectivity index (χ0v) is 27.6. The summed E-state index contributed by atoms with van der Waals surface area (Å²) in [6.45, 7) is 18.9. The lowest BCUT2D eigenvalue weighted by molar-refractivity contribution is -0.320. The number of aliphatic hydroxyl groups is 5. The van der Waals surface area contributed by atoms with E-state index in [1.807, 2.05) is 0 Å². The smallest absolute Gasteiger partial charge is 0.184 e. The second kappa shape index (κ2) is 10.7. The lowest BCUT2D eigenvalue weighted by Gasteiger charge is -2.73. The van der Waals surface area contributed by atoms with Gasteiger partial charge in [-0.15, -0.1) is 0 Å². The van der Waals surface area contributed by atoms with Crippen LogP contribution in [0.4, 0.5) is 0 Å². The van der Waals surface area contributed by atoms with Crippen molar-refractivity contribution >= 4 is 0 Å². The molecule has 5 aliphatic carbocycles. The highest BCUT2D eigenvalue weighted by molar-refractivity contribution is 5.21. The number of fused-ring (bicyclic) bond motifs is 7. The van der Waals surface area contributed by atoms with E-state index in [0.717, 1.165) is 32.1 Å². The Morgan fingerprint density at radius 1 is 0.814 bits per heavy atom. The maximum absolute atomic E-state index is 10.8. The molecule has 1 unspecified atom stereocenters. The highest BCUT2D eigenvalue weighted by Crippen LogP contribution is 2.77. The summed E-state index contributed by atoms with van der Waals surface area (Å²) in [5.74, 6) is 2.72. The Kier molecular flexibility index (Phi) is 8.10. The van der Waals surface area contributed by atoms with E-state index in [9.17, 15) is 25.5 Å². The number of rotatable bonds is 5. The van der Waals surface area contributed by atoms with Gasteiger partial charge in [-0.3, -0.25) is 0 Å². The molecule has 6 fully saturated rings. The summed E-state index contributed by atoms with van der Waals surface area (Å²) in [6.07, 6.45) is 4.97. The van der Waals surface area contributed by atoms with Crippen LogP contribution >= 0.6 is 0 Å². The fraction of sp³-hybridized carbons (Fsp3) is 0.944. The zero-order valence-electron chi connectivity index (χ0n) is 27.6. The van der Waals surface area contributed by atoms with E-state index < -0.39 is 37.3 Å². The molecule has 6 aliphatic rings. The van der Waals surface area contributed by atoms with Crippen molar-refractivity contribution in [2.45, 2.75) is 143 Å². The van der Waals surface area contributed by atoms with Crippen LogP contribution < -0.4 is 0 Å². The molecule has 0 aromatic heterocycles. The second-order valence-corrected chi connectivity index (χ2v) is 17.4. The molecule has 0 radical (unpaired) electrons. The van der Waals surface area contributed by atoms with Crippen molar-refractivity contribution in [3.8, 4) is 0 Å². The predicted molar refractivity (Wildman–Crippen MR) is 165 cm³/mol. The Morgan fingerprint density at radius 2 is 1.53 bits per heavy atom. The summed E-state index contributed by atoms with van der Waals surface area (Å²) in [5, 5.41) is 52.3. The van der Waals surface area contributed by atoms with Gasteiger partial charge >= 0.3 is 0 Å². The van der Waals surface area contributed by atoms with Gasteiger partial charge in [0.05, 0.1) is 12.7 Å². The molecule has 0 amide bonds. The molecule has 7 nitrogen and oxygen atoms in total. The van der Waals surface area contributed by atoms with Crippen molar-refractivity contribution in [1.29, 1.82) is 0 Å². The van der Waals surface area contributed by atoms with Gasteiger partial charge in [0.25, 0.3) is 0 Å². The minimum Gasteiger partial charge on any atom is -0.396 e. The molecule has 7 heteroatoms. The quantitative estimate of drug-likeness (QED) is 0.286. The van der Waals surface area contributed by atoms with Crippen molar-refractivity contribution in [2.75, 3.05) is 13.2 Å². The molecule has 0 bridgehead atoms. The minimum atomic E-state index is -1.40. The molecular weight excluding hydrogens is 544 g/mol. The van der Waals surface area contributed by atoms with E-state index in [2.05, 4.69) is 48.1 Å². The Labute approximate surface area is 259 Å². The molecule has 5 saturated carbocycles. The van der Waals surface area contributed by atoms with Gasteiger partial charge < -0.3 is 35.0 Å². The fourth-order valence-corrected chi connectivity index (χ4v) is 13.2. The third kappa shape index (κ3) is 4.38. The van der Waals surface area contributed by atoms with Crippen LogP contribution in [0.25, 0.3) is 0 Å². The van der Waals surface area contributed by atoms with E-state index in [1.165, 1.54) is 37.7 Å². The highest BCUT2D eigenvalue weighted by atomic mass is 16.7. The normalized spacial score (nSPS) is 55.9. The third-order valence-electron chi connectivity index (χ3n) is 15.7. The number of aliphatic hydroxyl groups excluding tert-OH is 5. The zero-order chi connectivity index (χ0) is 31.3. The average molecular weight is 605 g/mol. The van der Waals surface area contributed by atoms with Crippen LogP contribution in [0, 0.1) is 56.7 Å². The molecule has 1 saturated heterocycles. The van der Waals surface area contributed by atoms with Crippen molar-refractivity contribution in [3.05, 3.63) is 12.2 Å². The SMILES string of the molecule is C=C(C)[C@@H]1CC[C@]2(CO)CC[C@]3(C)[C@H](CC[C@@H]4[C@@]5(C)CCC(O[C@@H]6[C@@H](O)[C@@H](O)[C@@H](CO)O[C@H]6O)C(C)(C)[C@@H]5CC[C@]43C)[C@@H]12. The third-order valence-corrected chi connectivity index (χ3v) is 15.7. The first-order valence-corrected chi connectivity index (χ1v) is 17.3. The van der Waals surface area contributed by atoms with Crippen molar-refractivity contribution in [2.24, 2.45) is 56.7 Å². The first-order chi connectivity index (χ1) is 20.1. The van der Waals surface area contributed by atoms with Crippen molar-refractivity contribution in [1.82, 2.24) is 0 Å². The number of ether oxygens (including phenoxy) is 2. The lowest BCUT2D eigenvalue weighted by Crippen LogP contribution is -2.67. The molecule has 246 valence electrons. The minimum absolute atomic E-state index is 0.0677. The van der Waals surface area contributed by atoms with Gasteiger partial charge in [0.15, 0.2) is 6.29 Å². The molecule has 6 rings (SSSR count). The van der Waals surface area contributed by atoms with Crippen LogP contribution in [-0.4, -0.2) is 75.6 Å². The van der Waals surface area contributed by atoms with Crippen LogP contribution in [0.1, 0.15) is 106 Å². The molecule has 0 aromatic rings. The van der Waals surface area contributed by atoms with Gasteiger partial charge in [0, 0.05) is 6.61 Å². The Morgan fingerprint density at radius 3 is 2.19 bits per heavy atom. The average Bonchev–Trinajstić information content (AvgIpc) is 3.35. The van der Waals surface area contributed by atoms with E-state index >= 15 is 0 Å². The van der Waals surface area contributed by atoms with Crippen LogP contribution in [0.15, 0.2) is 12.2 Å². The molecular formula is C36H60O7. The van der Waals surface area contributed by atoms with Gasteiger partial charge in [0.2, 0.25) is 0 Å². The molecule has 0 aromatic carbocycles. The lowest BCUT2D eigenvalue weighted by atomic mass is 9.32. The monoisotopic (exact) mass is 604 g/mol. The van der Waals surface area contributed by atoms with Crippen molar-refractivity contribution < 1.29 is 35.0 Å². The molecule has 1 heterocycles. The summed E-state index contributed by atoms with van der Waals surface area (Å²) in [5.41, 5.74) is 1.79. The van der Waals surface area contributed by atoms with E-state index in [0.29, 0.717) is 36.2 Å². The number of allylic oxidation sites excluding steroid dienone is 1. The second-order valence-electron chi connectivity index (χ2n) is 17.4. The Balaban J connectivity index is 1.26. The summed E-state index contributed by atoms with van der Waals surface area (Å²) in [6, 6.07) is 0. The summed E-state index contributed by atoms with van der Waals surface area (Å²) >= 11 is 0. The first kappa shape index (κ1) is 32.4. The topological polar surface area (TPSA) is 120 Å². The Bertz CT molecular complexity index is 1080. The summed E-state index contributed by atoms with van der Waals surface area (Å²) < 4.78 is 11.9. The fourth-order valence-electron chi connectivity index (χ4n) is 13.2. The summed E-state index contributed by atoms with van der Waals surface area (Å²) in [4.78, 5) is 0. The van der Waals surface area contributed by atoms with E-state index in [1.54, 1.807) is 0 Å². The van der Waals surface area contributed by atoms with Gasteiger partial charge in [-0.05, 0) is 128 Å². The molecule has 43 heavy (non-hydrogen) atoms. The van der Waals surface area contributed by atoms with Gasteiger partial charge in [-0.2, -0.15) is 0 Å². The predicted octanol–water partition coefficient (Wildman–Crippen LogP) is 4.82. The van der Waals surface area contributed by atoms with Gasteiger partial charge in [-0.1, -0.05) is 46.8 Å². The van der Waals surface area contributed by atoms with Crippen LogP contribution in [0.5, 0.6) is 0 Å². The van der Waals surface area contributed by atoms with Crippen LogP contribution in [-0.2, 0) is 9.47 Å². The number of hydrogen-bond donors (Lipinski definition) is 5. The standard InChI is InChI=1S/C36H60O7/c1-20(2)21-10-15-36(19-38)17-16-34(6)22(27(21)36)8-9-25-33(5)13-12-26(32(3,4)24(33)11-14-35(25,34)7)43-30-29(40)28(39)23(18-37)42-31(30)41/h21-31,37-41H,1,8-19H2,2-7H3/t21-,22+,23+,24-,25+,26?,27+,28-,29-,30+,31+,33-,34+,35+,36+/m0/s1. The maximum atomic E-state index is 10.8. The first-order valence-electron chi connectivity index (χ1n) is 17.3. The van der Waals surface area contributed by atoms with Crippen LogP contribution in [0.3, 0.4) is 0 Å². The van der Waals surface area contributed by atoms with Gasteiger partial charge in [-0.25, -0.2) is 0 Å². The van der Waals surface area contributed by atoms with Gasteiger partial charge in [0.1, 0.15) is 24.4 Å². The highest BCUT2D eigenvalue weighted by Gasteiger charge is 2.71. The molecule has 1 aliphatic heterocycles. The van der Waals surface area contributed by atoms with Crippen LogP contribution in [0.2, 0.25) is 0 Å².